The molecule has 0 saturated carbocycles. The molecular weight excluding hydrogens is 388 g/mol. The first-order valence-electron chi connectivity index (χ1n) is 9.63. The molecule has 0 spiro atoms. The lowest BCUT2D eigenvalue weighted by Crippen LogP contribution is -2.33. The molecule has 0 bridgehead atoms. The average Bonchev–Trinajstić information content (AvgIpc) is 3.31. The number of aliphatic hydroxyl groups excluding tert-OH is 1. The molecule has 6 nitrogen and oxygen atoms in total. The minimum atomic E-state index is -0.616. The van der Waals surface area contributed by atoms with Gasteiger partial charge in [-0.05, 0) is 63.1 Å². The molecule has 1 aliphatic heterocycles. The molecule has 1 aromatic carbocycles. The average molecular weight is 415 g/mol. The molecule has 1 amide bonds. The van der Waals surface area contributed by atoms with Gasteiger partial charge < -0.3 is 19.6 Å². The van der Waals surface area contributed by atoms with E-state index in [0.29, 0.717) is 18.0 Å². The summed E-state index contributed by atoms with van der Waals surface area (Å²) in [6.45, 7) is 3.71. The van der Waals surface area contributed by atoms with Crippen molar-refractivity contribution in [1.82, 2.24) is 9.80 Å². The molecule has 1 atom stereocenters. The number of rotatable bonds is 9. The van der Waals surface area contributed by atoms with Crippen LogP contribution in [0.1, 0.15) is 34.6 Å². The monoisotopic (exact) mass is 414 g/mol. The molecule has 0 aliphatic carbocycles. The molecule has 3 rings (SSSR count). The number of nitrogens with zero attached hydrogens (tertiary/aromatic N) is 2. The number of amides is 1. The van der Waals surface area contributed by atoms with Crippen molar-refractivity contribution in [3.05, 3.63) is 63.6 Å². The molecule has 0 saturated heterocycles. The summed E-state index contributed by atoms with van der Waals surface area (Å²) in [6, 6.07) is 10.2. The van der Waals surface area contributed by atoms with E-state index in [0.717, 1.165) is 24.3 Å². The van der Waals surface area contributed by atoms with E-state index >= 15 is 0 Å². The van der Waals surface area contributed by atoms with E-state index in [2.05, 4.69) is 0 Å². The Kier molecular flexibility index (Phi) is 6.71. The van der Waals surface area contributed by atoms with E-state index in [4.69, 9.17) is 4.74 Å². The first-order chi connectivity index (χ1) is 13.9. The Bertz CT molecular complexity index is 888. The summed E-state index contributed by atoms with van der Waals surface area (Å²) in [6.07, 6.45) is 0.736. The van der Waals surface area contributed by atoms with Gasteiger partial charge in [0.1, 0.15) is 5.75 Å². The third-order valence-corrected chi connectivity index (χ3v) is 5.67. The van der Waals surface area contributed by atoms with E-state index in [-0.39, 0.29) is 11.4 Å². The van der Waals surface area contributed by atoms with Gasteiger partial charge in [-0.15, -0.1) is 11.3 Å². The molecule has 2 heterocycles. The van der Waals surface area contributed by atoms with Crippen molar-refractivity contribution in [2.75, 3.05) is 33.8 Å². The molecule has 29 heavy (non-hydrogen) atoms. The predicted molar refractivity (Wildman–Crippen MR) is 114 cm³/mol. The molecule has 0 fully saturated rings. The maximum Gasteiger partial charge on any atom is 0.290 e. The topological polar surface area (TPSA) is 70.1 Å². The lowest BCUT2D eigenvalue weighted by Gasteiger charge is -2.27. The lowest BCUT2D eigenvalue weighted by atomic mass is 9.95. The van der Waals surface area contributed by atoms with Crippen LogP contribution in [0.3, 0.4) is 0 Å². The predicted octanol–water partition coefficient (Wildman–Crippen LogP) is 3.68. The summed E-state index contributed by atoms with van der Waals surface area (Å²) in [5, 5.41) is 12.4. The summed E-state index contributed by atoms with van der Waals surface area (Å²) in [5.41, 5.74) is 0.919. The third-order valence-electron chi connectivity index (χ3n) is 4.80. The minimum absolute atomic E-state index is 0.145. The highest BCUT2D eigenvalue weighted by molar-refractivity contribution is 7.12. The summed E-state index contributed by atoms with van der Waals surface area (Å²) >= 11 is 1.30. The van der Waals surface area contributed by atoms with Gasteiger partial charge in [0.2, 0.25) is 5.78 Å². The number of aliphatic hydroxyl groups is 1. The highest BCUT2D eigenvalue weighted by Gasteiger charge is 2.43. The maximum absolute atomic E-state index is 13.1. The van der Waals surface area contributed by atoms with Crippen molar-refractivity contribution in [2.45, 2.75) is 19.4 Å². The maximum atomic E-state index is 13.1. The summed E-state index contributed by atoms with van der Waals surface area (Å²) in [5.74, 6) is -0.534. The van der Waals surface area contributed by atoms with E-state index in [9.17, 15) is 14.7 Å². The summed E-state index contributed by atoms with van der Waals surface area (Å²) in [7, 11) is 3.94. The van der Waals surface area contributed by atoms with Gasteiger partial charge in [-0.1, -0.05) is 18.2 Å². The highest BCUT2D eigenvalue weighted by Crippen LogP contribution is 2.40. The van der Waals surface area contributed by atoms with Crippen molar-refractivity contribution in [3.8, 4) is 5.75 Å². The standard InChI is InChI=1S/C22H26N2O4S/c1-4-28-16-10-8-15(9-11-16)19-18(20(25)17-7-5-14-29-17)21(26)22(27)24(19)13-6-12-23(2)3/h5,7-11,14,19,26H,4,6,12-13H2,1-3H3. The van der Waals surface area contributed by atoms with Crippen LogP contribution in [-0.4, -0.2) is 60.4 Å². The van der Waals surface area contributed by atoms with Gasteiger partial charge in [0.05, 0.1) is 23.1 Å². The Balaban J connectivity index is 1.97. The second-order valence-corrected chi connectivity index (χ2v) is 8.08. The molecule has 1 aromatic heterocycles. The SMILES string of the molecule is CCOc1ccc(C2C(C(=O)c3cccs3)=C(O)C(=O)N2CCCN(C)C)cc1. The van der Waals surface area contributed by atoms with Crippen molar-refractivity contribution in [2.24, 2.45) is 0 Å². The number of ketones is 1. The zero-order chi connectivity index (χ0) is 21.0. The molecule has 1 unspecified atom stereocenters. The van der Waals surface area contributed by atoms with Crippen molar-refractivity contribution < 1.29 is 19.4 Å². The quantitative estimate of drug-likeness (QED) is 0.634. The van der Waals surface area contributed by atoms with Crippen LogP contribution in [-0.2, 0) is 4.79 Å². The molecular formula is C22H26N2O4S. The van der Waals surface area contributed by atoms with Crippen LogP contribution in [0.15, 0.2) is 53.1 Å². The second-order valence-electron chi connectivity index (χ2n) is 7.13. The number of carbonyl (C=O) groups is 2. The van der Waals surface area contributed by atoms with Gasteiger partial charge in [0.25, 0.3) is 5.91 Å². The third kappa shape index (κ3) is 4.52. The molecule has 7 heteroatoms. The first kappa shape index (κ1) is 21.1. The van der Waals surface area contributed by atoms with Gasteiger partial charge in [-0.25, -0.2) is 0 Å². The lowest BCUT2D eigenvalue weighted by molar-refractivity contribution is -0.129. The fourth-order valence-electron chi connectivity index (χ4n) is 3.47. The molecule has 154 valence electrons. The Morgan fingerprint density at radius 3 is 2.55 bits per heavy atom. The van der Waals surface area contributed by atoms with E-state index < -0.39 is 17.7 Å². The van der Waals surface area contributed by atoms with Gasteiger partial charge in [-0.2, -0.15) is 0 Å². The number of hydrogen-bond acceptors (Lipinski definition) is 6. The van der Waals surface area contributed by atoms with Crippen LogP contribution < -0.4 is 4.74 Å². The van der Waals surface area contributed by atoms with Gasteiger partial charge >= 0.3 is 0 Å². The van der Waals surface area contributed by atoms with Crippen molar-refractivity contribution >= 4 is 23.0 Å². The smallest absolute Gasteiger partial charge is 0.290 e. The zero-order valence-electron chi connectivity index (χ0n) is 16.9. The Hall–Kier alpha value is -2.64. The van der Waals surface area contributed by atoms with Crippen LogP contribution in [0.5, 0.6) is 5.75 Å². The highest BCUT2D eigenvalue weighted by atomic mass is 32.1. The summed E-state index contributed by atoms with van der Waals surface area (Å²) in [4.78, 5) is 30.1. The number of ether oxygens (including phenoxy) is 1. The number of benzene rings is 1. The van der Waals surface area contributed by atoms with Crippen molar-refractivity contribution in [3.63, 3.8) is 0 Å². The Morgan fingerprint density at radius 2 is 1.97 bits per heavy atom. The second kappa shape index (κ2) is 9.24. The van der Waals surface area contributed by atoms with Crippen LogP contribution in [0.4, 0.5) is 0 Å². The first-order valence-corrected chi connectivity index (χ1v) is 10.5. The van der Waals surface area contributed by atoms with Gasteiger partial charge in [0, 0.05) is 6.54 Å². The molecule has 2 aromatic rings. The zero-order valence-corrected chi connectivity index (χ0v) is 17.7. The normalized spacial score (nSPS) is 16.8. The molecule has 1 aliphatic rings. The molecule has 1 N–H and O–H groups in total. The van der Waals surface area contributed by atoms with Gasteiger partial charge in [0.15, 0.2) is 5.76 Å². The van der Waals surface area contributed by atoms with E-state index in [1.54, 1.807) is 17.0 Å². The Morgan fingerprint density at radius 1 is 1.24 bits per heavy atom. The van der Waals surface area contributed by atoms with E-state index in [1.807, 2.05) is 55.6 Å². The number of carbonyl (C=O) groups excluding carboxylic acids is 2. The Labute approximate surface area is 175 Å². The van der Waals surface area contributed by atoms with Crippen LogP contribution >= 0.6 is 11.3 Å². The fourth-order valence-corrected chi connectivity index (χ4v) is 4.15. The van der Waals surface area contributed by atoms with Gasteiger partial charge in [-0.3, -0.25) is 9.59 Å². The number of thiophene rings is 1. The van der Waals surface area contributed by atoms with E-state index in [1.165, 1.54) is 11.3 Å². The minimum Gasteiger partial charge on any atom is -0.503 e. The van der Waals surface area contributed by atoms with Crippen LogP contribution in [0, 0.1) is 0 Å². The number of Topliss-reactive ketones (excluding diaryl/α,β-unsaturated/α-hetero) is 1. The van der Waals surface area contributed by atoms with Crippen LogP contribution in [0.25, 0.3) is 0 Å². The van der Waals surface area contributed by atoms with Crippen LogP contribution in [0.2, 0.25) is 0 Å². The summed E-state index contributed by atoms with van der Waals surface area (Å²) < 4.78 is 5.50. The van der Waals surface area contributed by atoms with Crippen molar-refractivity contribution in [1.29, 1.82) is 0 Å². The molecule has 0 radical (unpaired) electrons. The fraction of sp³-hybridized carbons (Fsp3) is 0.364. The number of hydrogen-bond donors (Lipinski definition) is 1. The largest absolute Gasteiger partial charge is 0.503 e.